The van der Waals surface area contributed by atoms with E-state index in [1.165, 1.54) is 15.9 Å². The molecule has 6 nitrogen and oxygen atoms in total. The predicted molar refractivity (Wildman–Crippen MR) is 122 cm³/mol. The Morgan fingerprint density at radius 2 is 1.69 bits per heavy atom. The zero-order chi connectivity index (χ0) is 22.3. The van der Waals surface area contributed by atoms with Crippen molar-refractivity contribution in [2.24, 2.45) is 0 Å². The second-order valence-corrected chi connectivity index (χ2v) is 8.99. The molecule has 2 aromatic carbocycles. The molecular formula is C26H27N3O3. The molecule has 1 fully saturated rings. The van der Waals surface area contributed by atoms with Gasteiger partial charge in [0.05, 0.1) is 5.52 Å². The van der Waals surface area contributed by atoms with E-state index in [-0.39, 0.29) is 18.5 Å². The Hall–Kier alpha value is -3.41. The summed E-state index contributed by atoms with van der Waals surface area (Å²) in [4.78, 5) is 42.8. The van der Waals surface area contributed by atoms with E-state index in [9.17, 15) is 14.4 Å². The van der Waals surface area contributed by atoms with Crippen molar-refractivity contribution in [2.45, 2.75) is 57.2 Å². The highest BCUT2D eigenvalue weighted by atomic mass is 16.2. The van der Waals surface area contributed by atoms with Crippen molar-refractivity contribution in [3.05, 3.63) is 71.9 Å². The average molecular weight is 430 g/mol. The molecule has 32 heavy (non-hydrogen) atoms. The second-order valence-electron chi connectivity index (χ2n) is 8.99. The van der Waals surface area contributed by atoms with Crippen LogP contribution in [0.1, 0.15) is 59.9 Å². The van der Waals surface area contributed by atoms with Crippen LogP contribution in [0.4, 0.5) is 0 Å². The summed E-state index contributed by atoms with van der Waals surface area (Å²) in [5.74, 6) is -1.11. The molecule has 6 heteroatoms. The monoisotopic (exact) mass is 429 g/mol. The summed E-state index contributed by atoms with van der Waals surface area (Å²) in [6.45, 7) is 1.77. The summed E-state index contributed by atoms with van der Waals surface area (Å²) in [7, 11) is 0. The number of para-hydroxylation sites is 1. The van der Waals surface area contributed by atoms with E-state index in [4.69, 9.17) is 0 Å². The van der Waals surface area contributed by atoms with Crippen LogP contribution in [0.25, 0.3) is 10.9 Å². The summed E-state index contributed by atoms with van der Waals surface area (Å²) < 4.78 is 1.43. The Kier molecular flexibility index (Phi) is 5.08. The standard InChI is InChI=1S/C26H27N3O3/c1-26(24(31)27-20-13-6-3-7-14-20)25(32)29-21-15-9-8-12-19(21)16-22(29)23(30)28(26)17-18-10-4-2-5-11-18/h2,4-5,8-12,15-16,20H,3,6-7,13-14,17H2,1H3,(H,27,31). The van der Waals surface area contributed by atoms with Gasteiger partial charge in [0, 0.05) is 18.0 Å². The van der Waals surface area contributed by atoms with E-state index in [0.29, 0.717) is 11.2 Å². The molecule has 1 saturated carbocycles. The van der Waals surface area contributed by atoms with Crippen LogP contribution < -0.4 is 5.32 Å². The number of hydrogen-bond acceptors (Lipinski definition) is 3. The van der Waals surface area contributed by atoms with E-state index in [0.717, 1.165) is 36.6 Å². The molecule has 164 valence electrons. The van der Waals surface area contributed by atoms with Crippen LogP contribution in [-0.4, -0.2) is 38.8 Å². The molecule has 2 heterocycles. The molecule has 0 radical (unpaired) electrons. The third-order valence-corrected chi connectivity index (χ3v) is 6.90. The van der Waals surface area contributed by atoms with Gasteiger partial charge in [0.25, 0.3) is 17.7 Å². The average Bonchev–Trinajstić information content (AvgIpc) is 3.21. The number of amides is 2. The molecule has 0 bridgehead atoms. The van der Waals surface area contributed by atoms with Gasteiger partial charge in [-0.15, -0.1) is 0 Å². The first kappa shape index (κ1) is 20.5. The smallest absolute Gasteiger partial charge is 0.272 e. The third-order valence-electron chi connectivity index (χ3n) is 6.90. The van der Waals surface area contributed by atoms with E-state index >= 15 is 0 Å². The molecule has 3 aromatic rings. The first-order valence-corrected chi connectivity index (χ1v) is 11.3. The zero-order valence-electron chi connectivity index (χ0n) is 18.2. The molecule has 1 unspecified atom stereocenters. The second kappa shape index (κ2) is 7.93. The minimum atomic E-state index is -1.64. The fourth-order valence-electron chi connectivity index (χ4n) is 4.99. The Balaban J connectivity index is 1.61. The number of nitrogens with one attached hydrogen (secondary N) is 1. The predicted octanol–water partition coefficient (Wildman–Crippen LogP) is 4.15. The van der Waals surface area contributed by atoms with Crippen molar-refractivity contribution < 1.29 is 14.4 Å². The fraction of sp³-hybridized carbons (Fsp3) is 0.346. The maximum Gasteiger partial charge on any atom is 0.272 e. The first-order chi connectivity index (χ1) is 15.5. The van der Waals surface area contributed by atoms with Gasteiger partial charge in [-0.2, -0.15) is 0 Å². The molecule has 0 saturated heterocycles. The Morgan fingerprint density at radius 3 is 2.44 bits per heavy atom. The highest BCUT2D eigenvalue weighted by Crippen LogP contribution is 2.34. The molecule has 0 spiro atoms. The van der Waals surface area contributed by atoms with Gasteiger partial charge in [0.2, 0.25) is 0 Å². The van der Waals surface area contributed by atoms with Crippen molar-refractivity contribution in [3.63, 3.8) is 0 Å². The van der Waals surface area contributed by atoms with Crippen LogP contribution in [0.15, 0.2) is 60.7 Å². The van der Waals surface area contributed by atoms with Crippen LogP contribution in [-0.2, 0) is 11.3 Å². The van der Waals surface area contributed by atoms with Crippen LogP contribution in [0.2, 0.25) is 0 Å². The van der Waals surface area contributed by atoms with Gasteiger partial charge in [-0.1, -0.05) is 67.8 Å². The SMILES string of the molecule is CC1(C(=O)NC2CCCCC2)C(=O)n2c(cc3ccccc32)C(=O)N1Cc1ccccc1. The normalized spacial score (nSPS) is 21.6. The van der Waals surface area contributed by atoms with Gasteiger partial charge in [0.15, 0.2) is 5.54 Å². The van der Waals surface area contributed by atoms with E-state index in [1.807, 2.05) is 54.6 Å². The minimum Gasteiger partial charge on any atom is -0.351 e. The Bertz CT molecular complexity index is 1190. The number of aromatic nitrogens is 1. The molecular weight excluding hydrogens is 402 g/mol. The number of carbonyl (C=O) groups excluding carboxylic acids is 3. The molecule has 1 atom stereocenters. The van der Waals surface area contributed by atoms with E-state index in [1.54, 1.807) is 13.0 Å². The quantitative estimate of drug-likeness (QED) is 0.634. The number of fused-ring (bicyclic) bond motifs is 3. The topological polar surface area (TPSA) is 71.4 Å². The molecule has 1 aromatic heterocycles. The lowest BCUT2D eigenvalue weighted by Crippen LogP contribution is -2.68. The lowest BCUT2D eigenvalue weighted by molar-refractivity contribution is -0.130. The third kappa shape index (κ3) is 3.22. The van der Waals surface area contributed by atoms with Crippen LogP contribution >= 0.6 is 0 Å². The Labute approximate surface area is 187 Å². The summed E-state index contributed by atoms with van der Waals surface area (Å²) in [5.41, 5.74) is 0.181. The molecule has 5 rings (SSSR count). The summed E-state index contributed by atoms with van der Waals surface area (Å²) in [5, 5.41) is 3.91. The van der Waals surface area contributed by atoms with Gasteiger partial charge in [-0.25, -0.2) is 0 Å². The number of carbonyl (C=O) groups is 3. The highest BCUT2D eigenvalue weighted by molar-refractivity contribution is 6.20. The van der Waals surface area contributed by atoms with Crippen molar-refractivity contribution in [2.75, 3.05) is 0 Å². The van der Waals surface area contributed by atoms with Gasteiger partial charge in [0.1, 0.15) is 5.69 Å². The maximum atomic E-state index is 14.0. The maximum absolute atomic E-state index is 14.0. The molecule has 2 amide bonds. The number of rotatable bonds is 4. The number of nitrogens with zero attached hydrogens (tertiary/aromatic N) is 2. The first-order valence-electron chi connectivity index (χ1n) is 11.3. The van der Waals surface area contributed by atoms with Crippen LogP contribution in [0.3, 0.4) is 0 Å². The van der Waals surface area contributed by atoms with Gasteiger partial charge >= 0.3 is 0 Å². The summed E-state index contributed by atoms with van der Waals surface area (Å²) >= 11 is 0. The van der Waals surface area contributed by atoms with Crippen LogP contribution in [0.5, 0.6) is 0 Å². The van der Waals surface area contributed by atoms with E-state index in [2.05, 4.69) is 5.32 Å². The highest BCUT2D eigenvalue weighted by Gasteiger charge is 2.54. The number of hydrogen-bond donors (Lipinski definition) is 1. The van der Waals surface area contributed by atoms with Crippen molar-refractivity contribution >= 4 is 28.6 Å². The fourth-order valence-corrected chi connectivity index (χ4v) is 4.99. The van der Waals surface area contributed by atoms with E-state index < -0.39 is 17.4 Å². The van der Waals surface area contributed by atoms with Crippen molar-refractivity contribution in [1.82, 2.24) is 14.8 Å². The van der Waals surface area contributed by atoms with Gasteiger partial charge in [-0.05, 0) is 37.5 Å². The van der Waals surface area contributed by atoms with Gasteiger partial charge in [-0.3, -0.25) is 19.0 Å². The molecule has 1 aliphatic carbocycles. The minimum absolute atomic E-state index is 0.0392. The van der Waals surface area contributed by atoms with Crippen LogP contribution in [0, 0.1) is 0 Å². The zero-order valence-corrected chi connectivity index (χ0v) is 18.2. The molecule has 2 aliphatic rings. The number of benzene rings is 2. The Morgan fingerprint density at radius 1 is 1.00 bits per heavy atom. The largest absolute Gasteiger partial charge is 0.351 e. The lowest BCUT2D eigenvalue weighted by atomic mass is 9.90. The van der Waals surface area contributed by atoms with Crippen molar-refractivity contribution in [1.29, 1.82) is 0 Å². The molecule has 1 aliphatic heterocycles. The van der Waals surface area contributed by atoms with Crippen molar-refractivity contribution in [3.8, 4) is 0 Å². The van der Waals surface area contributed by atoms with Gasteiger partial charge < -0.3 is 10.2 Å². The molecule has 1 N–H and O–H groups in total. The summed E-state index contributed by atoms with van der Waals surface area (Å²) in [6, 6.07) is 18.7. The lowest BCUT2D eigenvalue weighted by Gasteiger charge is -2.43. The summed E-state index contributed by atoms with van der Waals surface area (Å²) in [6.07, 6.45) is 5.10.